The average molecular weight is 339 g/mol. The van der Waals surface area contributed by atoms with E-state index in [-0.39, 0.29) is 22.3 Å². The van der Waals surface area contributed by atoms with Crippen LogP contribution in [-0.4, -0.2) is 22.3 Å². The van der Waals surface area contributed by atoms with Crippen molar-refractivity contribution in [1.29, 1.82) is 0 Å². The lowest BCUT2D eigenvalue weighted by atomic mass is 9.99. The Morgan fingerprint density at radius 1 is 1.30 bits per heavy atom. The van der Waals surface area contributed by atoms with Gasteiger partial charge in [-0.25, -0.2) is 0 Å². The lowest BCUT2D eigenvalue weighted by Gasteiger charge is -2.25. The number of thioether (sulfide) groups is 1. The molecule has 130 valence electrons. The molecule has 0 aromatic heterocycles. The average Bonchev–Trinajstić information content (AvgIpc) is 2.80. The molecule has 1 aliphatic heterocycles. The molecule has 0 radical (unpaired) electrons. The van der Waals surface area contributed by atoms with E-state index < -0.39 is 0 Å². The van der Waals surface area contributed by atoms with Crippen LogP contribution in [0, 0.1) is 0 Å². The number of carbonyl (C=O) groups excluding carboxylic acids is 2. The van der Waals surface area contributed by atoms with E-state index in [1.807, 2.05) is 0 Å². The fourth-order valence-corrected chi connectivity index (χ4v) is 3.74. The zero-order valence-corrected chi connectivity index (χ0v) is 15.4. The summed E-state index contributed by atoms with van der Waals surface area (Å²) in [6, 6.07) is 0. The molecule has 0 aromatic rings. The van der Waals surface area contributed by atoms with Crippen LogP contribution in [0.3, 0.4) is 0 Å². The van der Waals surface area contributed by atoms with E-state index in [4.69, 9.17) is 4.74 Å². The number of carbonyl (C=O) groups is 2. The third-order valence-corrected chi connectivity index (χ3v) is 5.29. The van der Waals surface area contributed by atoms with Gasteiger partial charge in [0.1, 0.15) is 12.4 Å². The summed E-state index contributed by atoms with van der Waals surface area (Å²) in [4.78, 5) is 23.5. The van der Waals surface area contributed by atoms with Crippen molar-refractivity contribution >= 4 is 22.7 Å². The molecule has 0 unspecified atom stereocenters. The SMILES string of the molecule is C=CCCC(=O)COC1=CC(=O)S[C@]1(C)CCCCCCCC. The Balaban J connectivity index is 2.39. The number of hydrogen-bond acceptors (Lipinski definition) is 4. The highest BCUT2D eigenvalue weighted by molar-refractivity contribution is 8.15. The summed E-state index contributed by atoms with van der Waals surface area (Å²) >= 11 is 1.33. The van der Waals surface area contributed by atoms with Crippen molar-refractivity contribution in [2.75, 3.05) is 6.61 Å². The van der Waals surface area contributed by atoms with Gasteiger partial charge >= 0.3 is 0 Å². The highest BCUT2D eigenvalue weighted by Crippen LogP contribution is 2.44. The molecule has 0 spiro atoms. The van der Waals surface area contributed by atoms with Crippen LogP contribution < -0.4 is 0 Å². The van der Waals surface area contributed by atoms with E-state index in [1.165, 1.54) is 43.9 Å². The number of rotatable bonds is 13. The van der Waals surface area contributed by atoms with Crippen LogP contribution in [0.2, 0.25) is 0 Å². The summed E-state index contributed by atoms with van der Waals surface area (Å²) in [5, 5.41) is 0.0343. The lowest BCUT2D eigenvalue weighted by molar-refractivity contribution is -0.122. The molecule has 4 heteroatoms. The standard InChI is InChI=1S/C19H30O3S/c1-4-6-8-9-10-11-13-19(3)17(14-18(21)23-19)22-15-16(20)12-7-5-2/h5,14H,2,4,6-13,15H2,1,3H3/t19-/m1/s1. The van der Waals surface area contributed by atoms with Crippen molar-refractivity contribution < 1.29 is 14.3 Å². The third kappa shape index (κ3) is 7.38. The number of Topliss-reactive ketones (excluding diaryl/α,β-unsaturated/α-hetero) is 1. The van der Waals surface area contributed by atoms with E-state index >= 15 is 0 Å². The van der Waals surface area contributed by atoms with Gasteiger partial charge < -0.3 is 4.74 Å². The first-order valence-corrected chi connectivity index (χ1v) is 9.54. The van der Waals surface area contributed by atoms with Gasteiger partial charge in [-0.15, -0.1) is 6.58 Å². The van der Waals surface area contributed by atoms with Crippen LogP contribution >= 0.6 is 11.8 Å². The second-order valence-corrected chi connectivity index (χ2v) is 7.84. The molecule has 0 aliphatic carbocycles. The minimum absolute atomic E-state index is 0.0343. The topological polar surface area (TPSA) is 43.4 Å². The van der Waals surface area contributed by atoms with Gasteiger partial charge in [0.2, 0.25) is 5.12 Å². The predicted molar refractivity (Wildman–Crippen MR) is 97.5 cm³/mol. The first kappa shape index (κ1) is 20.0. The first-order valence-electron chi connectivity index (χ1n) is 8.72. The molecule has 0 bridgehead atoms. The van der Waals surface area contributed by atoms with Crippen molar-refractivity contribution in [3.63, 3.8) is 0 Å². The monoisotopic (exact) mass is 338 g/mol. The summed E-state index contributed by atoms with van der Waals surface area (Å²) in [6.07, 6.45) is 12.7. The summed E-state index contributed by atoms with van der Waals surface area (Å²) in [5.74, 6) is 0.727. The lowest BCUT2D eigenvalue weighted by Crippen LogP contribution is -2.24. The Hall–Kier alpha value is -1.03. The molecule has 23 heavy (non-hydrogen) atoms. The Bertz CT molecular complexity index is 442. The summed E-state index contributed by atoms with van der Waals surface area (Å²) in [5.41, 5.74) is 0. The fraction of sp³-hybridized carbons (Fsp3) is 0.684. The molecule has 3 nitrogen and oxygen atoms in total. The molecule has 1 rings (SSSR count). The minimum Gasteiger partial charge on any atom is -0.489 e. The number of allylic oxidation sites excluding steroid dienone is 1. The zero-order valence-electron chi connectivity index (χ0n) is 14.6. The van der Waals surface area contributed by atoms with Crippen molar-refractivity contribution in [2.45, 2.75) is 76.4 Å². The quantitative estimate of drug-likeness (QED) is 0.342. The maximum absolute atomic E-state index is 11.8. The van der Waals surface area contributed by atoms with Gasteiger partial charge in [0.25, 0.3) is 0 Å². The zero-order chi connectivity index (χ0) is 17.1. The van der Waals surface area contributed by atoms with E-state index in [9.17, 15) is 9.59 Å². The Morgan fingerprint density at radius 3 is 2.70 bits per heavy atom. The molecule has 0 amide bonds. The van der Waals surface area contributed by atoms with Crippen LogP contribution in [0.5, 0.6) is 0 Å². The van der Waals surface area contributed by atoms with Crippen molar-refractivity contribution in [3.05, 3.63) is 24.5 Å². The van der Waals surface area contributed by atoms with Crippen molar-refractivity contribution in [2.24, 2.45) is 0 Å². The van der Waals surface area contributed by atoms with Crippen molar-refractivity contribution in [3.8, 4) is 0 Å². The van der Waals surface area contributed by atoms with E-state index in [0.29, 0.717) is 18.6 Å². The van der Waals surface area contributed by atoms with Gasteiger partial charge in [-0.05, 0) is 19.8 Å². The fourth-order valence-electron chi connectivity index (χ4n) is 2.67. The molecule has 0 saturated heterocycles. The number of unbranched alkanes of at least 4 members (excludes halogenated alkanes) is 5. The van der Waals surface area contributed by atoms with Gasteiger partial charge in [-0.2, -0.15) is 0 Å². The summed E-state index contributed by atoms with van der Waals surface area (Å²) in [6.45, 7) is 7.93. The van der Waals surface area contributed by atoms with E-state index in [0.717, 1.165) is 12.8 Å². The molecule has 1 atom stereocenters. The molecule has 0 saturated carbocycles. The van der Waals surface area contributed by atoms with Gasteiger partial charge in [-0.1, -0.05) is 63.3 Å². The smallest absolute Gasteiger partial charge is 0.216 e. The van der Waals surface area contributed by atoms with Crippen LogP contribution in [0.25, 0.3) is 0 Å². The Morgan fingerprint density at radius 2 is 2.00 bits per heavy atom. The van der Waals surface area contributed by atoms with E-state index in [1.54, 1.807) is 12.2 Å². The van der Waals surface area contributed by atoms with Gasteiger partial charge in [0, 0.05) is 12.5 Å². The largest absolute Gasteiger partial charge is 0.489 e. The Kier molecular flexibility index (Phi) is 9.30. The molecule has 0 N–H and O–H groups in total. The number of ether oxygens (including phenoxy) is 1. The maximum atomic E-state index is 11.8. The van der Waals surface area contributed by atoms with Gasteiger partial charge in [0.05, 0.1) is 4.75 Å². The molecular formula is C19H30O3S. The second kappa shape index (κ2) is 10.7. The predicted octanol–water partition coefficient (Wildman–Crippen LogP) is 5.20. The maximum Gasteiger partial charge on any atom is 0.216 e. The van der Waals surface area contributed by atoms with Crippen LogP contribution in [0.1, 0.15) is 71.6 Å². The van der Waals surface area contributed by atoms with Gasteiger partial charge in [0.15, 0.2) is 5.78 Å². The highest BCUT2D eigenvalue weighted by atomic mass is 32.2. The highest BCUT2D eigenvalue weighted by Gasteiger charge is 2.39. The number of ketones is 1. The van der Waals surface area contributed by atoms with Gasteiger partial charge in [-0.3, -0.25) is 9.59 Å². The normalized spacial score (nSPS) is 20.4. The van der Waals surface area contributed by atoms with Crippen LogP contribution in [0.15, 0.2) is 24.5 Å². The molecule has 0 fully saturated rings. The first-order chi connectivity index (χ1) is 11.0. The van der Waals surface area contributed by atoms with Crippen LogP contribution in [-0.2, 0) is 14.3 Å². The molecule has 1 heterocycles. The molecule has 1 aliphatic rings. The van der Waals surface area contributed by atoms with Crippen molar-refractivity contribution in [1.82, 2.24) is 0 Å². The molecule has 0 aromatic carbocycles. The Labute approximate surface area is 144 Å². The minimum atomic E-state index is -0.305. The number of hydrogen-bond donors (Lipinski definition) is 0. The molecular weight excluding hydrogens is 308 g/mol. The second-order valence-electron chi connectivity index (χ2n) is 6.33. The summed E-state index contributed by atoms with van der Waals surface area (Å²) in [7, 11) is 0. The van der Waals surface area contributed by atoms with E-state index in [2.05, 4.69) is 20.4 Å². The van der Waals surface area contributed by atoms with Crippen LogP contribution in [0.4, 0.5) is 0 Å². The summed E-state index contributed by atoms with van der Waals surface area (Å²) < 4.78 is 5.37. The third-order valence-electron chi connectivity index (χ3n) is 4.12.